The van der Waals surface area contributed by atoms with Gasteiger partial charge in [0.1, 0.15) is 10.6 Å². The number of carbonyl (C=O) groups excluding carboxylic acids is 2. The standard InChI is InChI=1S/C17H22N4O4S/c1-11(2)17(23)20-13-6-4-12(5-7-13)9-19-26(24,25)14-8-15(16(18)22)21(3)10-14/h4-8,10-11,19H,9H2,1-3H3,(H2,18,22)(H,20,23). The van der Waals surface area contributed by atoms with Crippen molar-refractivity contribution in [3.8, 4) is 0 Å². The van der Waals surface area contributed by atoms with Gasteiger partial charge in [0, 0.05) is 31.4 Å². The number of rotatable bonds is 7. The molecule has 1 heterocycles. The van der Waals surface area contributed by atoms with Gasteiger partial charge in [-0.1, -0.05) is 26.0 Å². The van der Waals surface area contributed by atoms with E-state index in [9.17, 15) is 18.0 Å². The van der Waals surface area contributed by atoms with Gasteiger partial charge in [0.15, 0.2) is 0 Å². The molecule has 8 nitrogen and oxygen atoms in total. The van der Waals surface area contributed by atoms with E-state index in [0.717, 1.165) is 5.56 Å². The van der Waals surface area contributed by atoms with E-state index < -0.39 is 15.9 Å². The first-order chi connectivity index (χ1) is 12.1. The SMILES string of the molecule is CC(C)C(=O)Nc1ccc(CNS(=O)(=O)c2cc(C(N)=O)n(C)c2)cc1. The zero-order valence-electron chi connectivity index (χ0n) is 14.8. The summed E-state index contributed by atoms with van der Waals surface area (Å²) in [6.07, 6.45) is 1.33. The molecule has 1 aromatic carbocycles. The molecule has 4 N–H and O–H groups in total. The molecule has 0 aliphatic carbocycles. The van der Waals surface area contributed by atoms with Crippen LogP contribution >= 0.6 is 0 Å². The molecular weight excluding hydrogens is 356 g/mol. The molecular formula is C17H22N4O4S. The lowest BCUT2D eigenvalue weighted by Crippen LogP contribution is -2.23. The fraction of sp³-hybridized carbons (Fsp3) is 0.294. The van der Waals surface area contributed by atoms with Crippen molar-refractivity contribution in [3.05, 3.63) is 47.8 Å². The second-order valence-corrected chi connectivity index (χ2v) is 7.97. The number of aromatic nitrogens is 1. The van der Waals surface area contributed by atoms with Crippen molar-refractivity contribution in [2.24, 2.45) is 18.7 Å². The number of sulfonamides is 1. The second-order valence-electron chi connectivity index (χ2n) is 6.20. The van der Waals surface area contributed by atoms with Gasteiger partial charge in [-0.2, -0.15) is 0 Å². The van der Waals surface area contributed by atoms with Crippen LogP contribution in [0.2, 0.25) is 0 Å². The maximum absolute atomic E-state index is 12.3. The van der Waals surface area contributed by atoms with E-state index in [2.05, 4.69) is 10.0 Å². The molecule has 0 bridgehead atoms. The molecule has 1 aromatic heterocycles. The number of primary amides is 1. The summed E-state index contributed by atoms with van der Waals surface area (Å²) in [6.45, 7) is 3.67. The lowest BCUT2D eigenvalue weighted by atomic mass is 10.2. The summed E-state index contributed by atoms with van der Waals surface area (Å²) in [5.74, 6) is -0.918. The molecule has 140 valence electrons. The van der Waals surface area contributed by atoms with Crippen LogP contribution < -0.4 is 15.8 Å². The quantitative estimate of drug-likeness (QED) is 0.670. The molecule has 0 unspecified atom stereocenters. The van der Waals surface area contributed by atoms with Gasteiger partial charge in [0.2, 0.25) is 15.9 Å². The fourth-order valence-corrected chi connectivity index (χ4v) is 3.27. The van der Waals surface area contributed by atoms with Crippen LogP contribution in [0.5, 0.6) is 0 Å². The topological polar surface area (TPSA) is 123 Å². The van der Waals surface area contributed by atoms with Gasteiger partial charge >= 0.3 is 0 Å². The van der Waals surface area contributed by atoms with Gasteiger partial charge in [0.25, 0.3) is 5.91 Å². The molecule has 0 aliphatic rings. The highest BCUT2D eigenvalue weighted by atomic mass is 32.2. The molecule has 0 radical (unpaired) electrons. The molecule has 26 heavy (non-hydrogen) atoms. The molecule has 2 aromatic rings. The smallest absolute Gasteiger partial charge is 0.265 e. The normalized spacial score (nSPS) is 11.5. The highest BCUT2D eigenvalue weighted by Crippen LogP contribution is 2.15. The lowest BCUT2D eigenvalue weighted by molar-refractivity contribution is -0.118. The Hall–Kier alpha value is -2.65. The van der Waals surface area contributed by atoms with Crippen molar-refractivity contribution >= 4 is 27.5 Å². The predicted molar refractivity (Wildman–Crippen MR) is 97.9 cm³/mol. The van der Waals surface area contributed by atoms with Gasteiger partial charge in [-0.25, -0.2) is 13.1 Å². The van der Waals surface area contributed by atoms with Crippen LogP contribution in [-0.2, 0) is 28.4 Å². The van der Waals surface area contributed by atoms with Gasteiger partial charge in [-0.15, -0.1) is 0 Å². The van der Waals surface area contributed by atoms with E-state index >= 15 is 0 Å². The molecule has 2 amide bonds. The largest absolute Gasteiger partial charge is 0.364 e. The van der Waals surface area contributed by atoms with Crippen molar-refractivity contribution in [3.63, 3.8) is 0 Å². The number of nitrogens with two attached hydrogens (primary N) is 1. The average molecular weight is 378 g/mol. The van der Waals surface area contributed by atoms with E-state index in [-0.39, 0.29) is 29.0 Å². The number of nitrogens with zero attached hydrogens (tertiary/aromatic N) is 1. The summed E-state index contributed by atoms with van der Waals surface area (Å²) in [4.78, 5) is 22.9. The van der Waals surface area contributed by atoms with Crippen molar-refractivity contribution < 1.29 is 18.0 Å². The summed E-state index contributed by atoms with van der Waals surface area (Å²) in [5, 5.41) is 2.76. The summed E-state index contributed by atoms with van der Waals surface area (Å²) >= 11 is 0. The maximum Gasteiger partial charge on any atom is 0.265 e. The minimum Gasteiger partial charge on any atom is -0.364 e. The third-order valence-corrected chi connectivity index (χ3v) is 5.12. The van der Waals surface area contributed by atoms with Crippen LogP contribution in [0.3, 0.4) is 0 Å². The summed E-state index contributed by atoms with van der Waals surface area (Å²) in [5.41, 5.74) is 6.67. The van der Waals surface area contributed by atoms with E-state index in [1.165, 1.54) is 16.8 Å². The third-order valence-electron chi connectivity index (χ3n) is 3.75. The van der Waals surface area contributed by atoms with Gasteiger partial charge in [0.05, 0.1) is 0 Å². The molecule has 0 saturated carbocycles. The summed E-state index contributed by atoms with van der Waals surface area (Å²) < 4.78 is 28.5. The van der Waals surface area contributed by atoms with Crippen LogP contribution in [0.25, 0.3) is 0 Å². The minimum absolute atomic E-state index is 0.0328. The number of hydrogen-bond donors (Lipinski definition) is 3. The van der Waals surface area contributed by atoms with Crippen molar-refractivity contribution in [1.82, 2.24) is 9.29 Å². The maximum atomic E-state index is 12.3. The Morgan fingerprint density at radius 3 is 2.31 bits per heavy atom. The highest BCUT2D eigenvalue weighted by molar-refractivity contribution is 7.89. The molecule has 0 fully saturated rings. The molecule has 0 spiro atoms. The number of hydrogen-bond acceptors (Lipinski definition) is 4. The van der Waals surface area contributed by atoms with E-state index in [0.29, 0.717) is 5.69 Å². The first-order valence-electron chi connectivity index (χ1n) is 7.96. The van der Waals surface area contributed by atoms with Gasteiger partial charge < -0.3 is 15.6 Å². The highest BCUT2D eigenvalue weighted by Gasteiger charge is 2.19. The average Bonchev–Trinajstić information content (AvgIpc) is 2.97. The Morgan fingerprint density at radius 1 is 1.19 bits per heavy atom. The Labute approximate surface area is 152 Å². The number of benzene rings is 1. The van der Waals surface area contributed by atoms with Crippen LogP contribution in [0, 0.1) is 5.92 Å². The van der Waals surface area contributed by atoms with Crippen LogP contribution in [0.4, 0.5) is 5.69 Å². The number of amides is 2. The Bertz CT molecular complexity index is 915. The van der Waals surface area contributed by atoms with Crippen LogP contribution in [0.1, 0.15) is 29.9 Å². The zero-order valence-corrected chi connectivity index (χ0v) is 15.6. The molecule has 2 rings (SSSR count). The van der Waals surface area contributed by atoms with Crippen LogP contribution in [0.15, 0.2) is 41.4 Å². The Morgan fingerprint density at radius 2 is 1.81 bits per heavy atom. The number of nitrogens with one attached hydrogen (secondary N) is 2. The summed E-state index contributed by atoms with van der Waals surface area (Å²) in [7, 11) is -2.24. The summed E-state index contributed by atoms with van der Waals surface area (Å²) in [6, 6.07) is 8.08. The van der Waals surface area contributed by atoms with E-state index in [1.807, 2.05) is 0 Å². The monoisotopic (exact) mass is 378 g/mol. The number of aryl methyl sites for hydroxylation is 1. The molecule has 0 aliphatic heterocycles. The minimum atomic E-state index is -3.78. The molecule has 0 atom stereocenters. The second kappa shape index (κ2) is 7.71. The van der Waals surface area contributed by atoms with Crippen LogP contribution in [-0.4, -0.2) is 24.8 Å². The lowest BCUT2D eigenvalue weighted by Gasteiger charge is -2.09. The van der Waals surface area contributed by atoms with Crippen molar-refractivity contribution in [1.29, 1.82) is 0 Å². The Balaban J connectivity index is 2.04. The predicted octanol–water partition coefficient (Wildman–Crippen LogP) is 1.20. The number of anilines is 1. The van der Waals surface area contributed by atoms with E-state index in [4.69, 9.17) is 5.73 Å². The van der Waals surface area contributed by atoms with Crippen molar-refractivity contribution in [2.45, 2.75) is 25.3 Å². The molecule has 0 saturated heterocycles. The van der Waals surface area contributed by atoms with Crippen molar-refractivity contribution in [2.75, 3.05) is 5.32 Å². The van der Waals surface area contributed by atoms with Gasteiger partial charge in [-0.3, -0.25) is 9.59 Å². The molecule has 9 heteroatoms. The number of carbonyl (C=O) groups is 2. The zero-order chi connectivity index (χ0) is 19.5. The Kier molecular flexibility index (Phi) is 5.83. The third kappa shape index (κ3) is 4.70. The first-order valence-corrected chi connectivity index (χ1v) is 9.44. The first kappa shape index (κ1) is 19.7. The van der Waals surface area contributed by atoms with E-state index in [1.54, 1.807) is 45.2 Å². The van der Waals surface area contributed by atoms with Gasteiger partial charge in [-0.05, 0) is 23.8 Å². The fourth-order valence-electron chi connectivity index (χ4n) is 2.18.